The molecular weight excluding hydrogens is 513 g/mol. The highest BCUT2D eigenvalue weighted by atomic mass is 35.5. The summed E-state index contributed by atoms with van der Waals surface area (Å²) >= 11 is 5.93. The van der Waals surface area contributed by atoms with E-state index >= 15 is 0 Å². The van der Waals surface area contributed by atoms with Crippen LogP contribution in [-0.4, -0.2) is 40.3 Å². The van der Waals surface area contributed by atoms with Crippen molar-refractivity contribution in [3.05, 3.63) is 88.1 Å². The van der Waals surface area contributed by atoms with Crippen molar-refractivity contribution >= 4 is 34.8 Å². The van der Waals surface area contributed by atoms with E-state index in [1.807, 2.05) is 6.92 Å². The minimum atomic E-state index is -1.07. The molecule has 4 rings (SSSR count). The number of halogens is 2. The number of hydrogen-bond donors (Lipinski definition) is 3. The van der Waals surface area contributed by atoms with Crippen LogP contribution in [0.4, 0.5) is 15.8 Å². The first-order chi connectivity index (χ1) is 18.2. The van der Waals surface area contributed by atoms with Crippen molar-refractivity contribution in [2.24, 2.45) is 11.8 Å². The van der Waals surface area contributed by atoms with Gasteiger partial charge in [-0.3, -0.25) is 19.0 Å². The highest BCUT2D eigenvalue weighted by Crippen LogP contribution is 2.43. The van der Waals surface area contributed by atoms with Crippen molar-refractivity contribution < 1.29 is 23.8 Å². The number of rotatable bonds is 9. The van der Waals surface area contributed by atoms with E-state index in [0.717, 1.165) is 6.07 Å². The lowest BCUT2D eigenvalue weighted by atomic mass is 9.94. The van der Waals surface area contributed by atoms with Gasteiger partial charge in [0.15, 0.2) is 0 Å². The number of nitrogens with one attached hydrogen (secondary N) is 2. The maximum atomic E-state index is 15.0. The van der Waals surface area contributed by atoms with Crippen molar-refractivity contribution in [3.8, 4) is 5.69 Å². The van der Waals surface area contributed by atoms with Crippen LogP contribution in [0.2, 0.25) is 5.02 Å². The van der Waals surface area contributed by atoms with E-state index in [0.29, 0.717) is 29.4 Å². The summed E-state index contributed by atoms with van der Waals surface area (Å²) in [6.07, 6.45) is 2.43. The number of aromatic nitrogens is 1. The molecule has 3 aromatic rings. The second-order valence-electron chi connectivity index (χ2n) is 9.37. The zero-order chi connectivity index (χ0) is 27.3. The Kier molecular flexibility index (Phi) is 8.61. The zero-order valence-electron chi connectivity index (χ0n) is 20.8. The number of pyridine rings is 1. The quantitative estimate of drug-likeness (QED) is 0.372. The fraction of sp³-hybridized carbons (Fsp3) is 0.321. The van der Waals surface area contributed by atoms with Crippen LogP contribution in [0.5, 0.6) is 0 Å². The molecule has 200 valence electrons. The van der Waals surface area contributed by atoms with Crippen LogP contribution in [0.3, 0.4) is 0 Å². The smallest absolute Gasteiger partial charge is 0.255 e. The summed E-state index contributed by atoms with van der Waals surface area (Å²) in [6, 6.07) is 15.2. The average Bonchev–Trinajstić information content (AvgIpc) is 3.31. The lowest BCUT2D eigenvalue weighted by molar-refractivity contribution is -0.128. The van der Waals surface area contributed by atoms with Crippen LogP contribution in [0.1, 0.15) is 26.2 Å². The number of carbonyl (C=O) groups is 2. The summed E-state index contributed by atoms with van der Waals surface area (Å²) in [6.45, 7) is 1.91. The van der Waals surface area contributed by atoms with Gasteiger partial charge in [-0.15, -0.1) is 0 Å². The van der Waals surface area contributed by atoms with Crippen molar-refractivity contribution in [2.75, 3.05) is 23.8 Å². The molecule has 1 fully saturated rings. The fourth-order valence-corrected chi connectivity index (χ4v) is 4.85. The van der Waals surface area contributed by atoms with Crippen LogP contribution in [0.25, 0.3) is 5.69 Å². The highest BCUT2D eigenvalue weighted by molar-refractivity contribution is 6.30. The van der Waals surface area contributed by atoms with Crippen molar-refractivity contribution in [2.45, 2.75) is 31.8 Å². The molecule has 10 heteroatoms. The maximum Gasteiger partial charge on any atom is 0.255 e. The van der Waals surface area contributed by atoms with Crippen LogP contribution < -0.4 is 16.2 Å². The Morgan fingerprint density at radius 3 is 2.37 bits per heavy atom. The van der Waals surface area contributed by atoms with E-state index in [1.54, 1.807) is 36.4 Å². The van der Waals surface area contributed by atoms with Crippen LogP contribution in [0.15, 0.2) is 71.7 Å². The third-order valence-corrected chi connectivity index (χ3v) is 6.92. The summed E-state index contributed by atoms with van der Waals surface area (Å²) in [4.78, 5) is 38.7. The van der Waals surface area contributed by atoms with E-state index < -0.39 is 35.1 Å². The lowest BCUT2D eigenvalue weighted by Gasteiger charge is -2.27. The number of amides is 2. The normalized spacial score (nSPS) is 20.7. The van der Waals surface area contributed by atoms with E-state index in [1.165, 1.54) is 29.0 Å². The number of anilines is 2. The molecule has 0 bridgehead atoms. The molecule has 1 heterocycles. The van der Waals surface area contributed by atoms with Gasteiger partial charge in [0.05, 0.1) is 35.4 Å². The van der Waals surface area contributed by atoms with Crippen LogP contribution in [-0.2, 0) is 14.3 Å². The highest BCUT2D eigenvalue weighted by Gasteiger charge is 2.51. The molecular formula is C28H29ClFN3O5. The first-order valence-electron chi connectivity index (χ1n) is 12.3. The standard InChI is InChI=1S/C28H29ClFN3O5/c1-2-13-38-28(17-34)15-21(26(36)31-19-8-6-18(29)7-9-19)22(16-28)27(37)32-24-11-10-20(14-23(24)30)33-12-4-3-5-25(33)35/h3-12,14,21-22,34H,2,13,15-17H2,1H3,(H,31,36)(H,32,37)/t21?,22-,28?/m0/s1. The predicted octanol–water partition coefficient (Wildman–Crippen LogP) is 4.39. The summed E-state index contributed by atoms with van der Waals surface area (Å²) in [7, 11) is 0. The zero-order valence-corrected chi connectivity index (χ0v) is 21.6. The molecule has 1 aromatic heterocycles. The molecule has 1 aliphatic carbocycles. The van der Waals surface area contributed by atoms with Gasteiger partial charge in [-0.25, -0.2) is 4.39 Å². The Morgan fingerprint density at radius 2 is 1.76 bits per heavy atom. The van der Waals surface area contributed by atoms with E-state index in [2.05, 4.69) is 10.6 Å². The van der Waals surface area contributed by atoms with Crippen LogP contribution in [0, 0.1) is 17.7 Å². The van der Waals surface area contributed by atoms with Gasteiger partial charge < -0.3 is 20.5 Å². The van der Waals surface area contributed by atoms with Gasteiger partial charge in [-0.1, -0.05) is 24.6 Å². The van der Waals surface area contributed by atoms with Gasteiger partial charge in [0.2, 0.25) is 11.8 Å². The molecule has 2 amide bonds. The Hall–Kier alpha value is -3.53. The van der Waals surface area contributed by atoms with Gasteiger partial charge in [0.1, 0.15) is 5.82 Å². The third-order valence-electron chi connectivity index (χ3n) is 6.67. The number of nitrogens with zero attached hydrogens (tertiary/aromatic N) is 1. The molecule has 0 saturated heterocycles. The van der Waals surface area contributed by atoms with Crippen molar-refractivity contribution in [1.29, 1.82) is 0 Å². The first kappa shape index (κ1) is 27.5. The molecule has 8 nitrogen and oxygen atoms in total. The predicted molar refractivity (Wildman–Crippen MR) is 143 cm³/mol. The lowest BCUT2D eigenvalue weighted by Crippen LogP contribution is -2.35. The van der Waals surface area contributed by atoms with Crippen molar-refractivity contribution in [3.63, 3.8) is 0 Å². The topological polar surface area (TPSA) is 110 Å². The fourth-order valence-electron chi connectivity index (χ4n) is 4.72. The number of aliphatic hydroxyl groups excluding tert-OH is 1. The molecule has 2 unspecified atom stereocenters. The number of ether oxygens (including phenoxy) is 1. The molecule has 2 aromatic carbocycles. The number of benzene rings is 2. The minimum Gasteiger partial charge on any atom is -0.393 e. The van der Waals surface area contributed by atoms with Crippen molar-refractivity contribution in [1.82, 2.24) is 4.57 Å². The Morgan fingerprint density at radius 1 is 1.08 bits per heavy atom. The summed E-state index contributed by atoms with van der Waals surface area (Å²) in [5.74, 6) is -3.44. The van der Waals surface area contributed by atoms with E-state index in [9.17, 15) is 23.9 Å². The third kappa shape index (κ3) is 6.12. The summed E-state index contributed by atoms with van der Waals surface area (Å²) in [5.41, 5.74) is -0.671. The largest absolute Gasteiger partial charge is 0.393 e. The molecule has 3 atom stereocenters. The van der Waals surface area contributed by atoms with Gasteiger partial charge in [-0.05, 0) is 61.7 Å². The monoisotopic (exact) mass is 541 g/mol. The SMILES string of the molecule is CCCOC1(CO)CC(C(=O)Nc2ccc(Cl)cc2)[C@@H](C(=O)Nc2ccc(-n3ccccc3=O)cc2F)C1. The van der Waals surface area contributed by atoms with Gasteiger partial charge in [0.25, 0.3) is 5.56 Å². The minimum absolute atomic E-state index is 0.0874. The second-order valence-corrected chi connectivity index (χ2v) is 9.81. The summed E-state index contributed by atoms with van der Waals surface area (Å²) < 4.78 is 22.2. The van der Waals surface area contributed by atoms with Gasteiger partial charge in [0, 0.05) is 35.6 Å². The molecule has 38 heavy (non-hydrogen) atoms. The Balaban J connectivity index is 1.56. The van der Waals surface area contributed by atoms with E-state index in [4.69, 9.17) is 16.3 Å². The number of hydrogen-bond acceptors (Lipinski definition) is 5. The number of carbonyl (C=O) groups excluding carboxylic acids is 2. The number of aliphatic hydroxyl groups is 1. The van der Waals surface area contributed by atoms with E-state index in [-0.39, 0.29) is 30.7 Å². The molecule has 3 N–H and O–H groups in total. The Labute approximate surface area is 224 Å². The first-order valence-corrected chi connectivity index (χ1v) is 12.7. The molecule has 0 aliphatic heterocycles. The van der Waals surface area contributed by atoms with Gasteiger partial charge >= 0.3 is 0 Å². The Bertz CT molecular complexity index is 1360. The maximum absolute atomic E-state index is 15.0. The molecule has 1 aliphatic rings. The molecule has 0 radical (unpaired) electrons. The van der Waals surface area contributed by atoms with Crippen LogP contribution >= 0.6 is 11.6 Å². The molecule has 0 spiro atoms. The average molecular weight is 542 g/mol. The summed E-state index contributed by atoms with van der Waals surface area (Å²) in [5, 5.41) is 16.1. The second kappa shape index (κ2) is 11.9. The molecule has 1 saturated carbocycles. The van der Waals surface area contributed by atoms with Gasteiger partial charge in [-0.2, -0.15) is 0 Å².